The van der Waals surface area contributed by atoms with Gasteiger partial charge in [0.2, 0.25) is 0 Å². The minimum absolute atomic E-state index is 0.356. The van der Waals surface area contributed by atoms with Crippen LogP contribution < -0.4 is 11.5 Å². The largest absolute Gasteiger partial charge is 0.330 e. The van der Waals surface area contributed by atoms with Crippen molar-refractivity contribution in [3.05, 3.63) is 0 Å². The molecule has 1 aliphatic rings. The first-order valence-corrected chi connectivity index (χ1v) is 4.33. The van der Waals surface area contributed by atoms with Crippen LogP contribution in [0.2, 0.25) is 0 Å². The third-order valence-corrected chi connectivity index (χ3v) is 2.58. The third-order valence-electron chi connectivity index (χ3n) is 2.58. The molecule has 0 spiro atoms. The van der Waals surface area contributed by atoms with E-state index < -0.39 is 0 Å². The molecule has 1 atom stereocenters. The molecule has 1 heterocycles. The predicted octanol–water partition coefficient (Wildman–Crippen LogP) is -0.384. The standard InChI is InChI=1S/C8H19N3/c1-8(6-10)2-4-11(7-8)5-3-9/h2-7,9-10H2,1H3. The van der Waals surface area contributed by atoms with E-state index >= 15 is 0 Å². The summed E-state index contributed by atoms with van der Waals surface area (Å²) in [5.74, 6) is 0. The Kier molecular flexibility index (Phi) is 2.87. The molecule has 66 valence electrons. The van der Waals surface area contributed by atoms with Gasteiger partial charge in [-0.25, -0.2) is 0 Å². The molecule has 0 aromatic heterocycles. The Labute approximate surface area is 68.7 Å². The number of nitrogens with two attached hydrogens (primary N) is 2. The second kappa shape index (κ2) is 3.52. The fourth-order valence-electron chi connectivity index (χ4n) is 1.67. The highest BCUT2D eigenvalue weighted by molar-refractivity contribution is 4.86. The van der Waals surface area contributed by atoms with E-state index in [1.165, 1.54) is 13.0 Å². The van der Waals surface area contributed by atoms with E-state index in [1.54, 1.807) is 0 Å². The number of likely N-dealkylation sites (tertiary alicyclic amines) is 1. The third kappa shape index (κ3) is 2.15. The van der Waals surface area contributed by atoms with Gasteiger partial charge in [-0.15, -0.1) is 0 Å². The number of hydrogen-bond acceptors (Lipinski definition) is 3. The van der Waals surface area contributed by atoms with Gasteiger partial charge in [-0.2, -0.15) is 0 Å². The zero-order valence-electron chi connectivity index (χ0n) is 7.34. The predicted molar refractivity (Wildman–Crippen MR) is 47.3 cm³/mol. The topological polar surface area (TPSA) is 55.3 Å². The number of rotatable bonds is 3. The van der Waals surface area contributed by atoms with E-state index in [9.17, 15) is 0 Å². The van der Waals surface area contributed by atoms with Gasteiger partial charge < -0.3 is 16.4 Å². The van der Waals surface area contributed by atoms with Crippen molar-refractivity contribution in [2.24, 2.45) is 16.9 Å². The maximum absolute atomic E-state index is 5.67. The molecule has 0 amide bonds. The van der Waals surface area contributed by atoms with Gasteiger partial charge in [-0.1, -0.05) is 6.92 Å². The Balaban J connectivity index is 2.33. The Morgan fingerprint density at radius 2 is 2.18 bits per heavy atom. The average molecular weight is 157 g/mol. The summed E-state index contributed by atoms with van der Waals surface area (Å²) in [4.78, 5) is 2.40. The number of hydrogen-bond donors (Lipinski definition) is 2. The van der Waals surface area contributed by atoms with Gasteiger partial charge in [-0.05, 0) is 24.9 Å². The van der Waals surface area contributed by atoms with E-state index in [2.05, 4.69) is 11.8 Å². The maximum atomic E-state index is 5.67. The number of nitrogens with zero attached hydrogens (tertiary/aromatic N) is 1. The lowest BCUT2D eigenvalue weighted by Gasteiger charge is -2.22. The highest BCUT2D eigenvalue weighted by Crippen LogP contribution is 2.27. The van der Waals surface area contributed by atoms with E-state index in [4.69, 9.17) is 11.5 Å². The van der Waals surface area contributed by atoms with Gasteiger partial charge in [0.15, 0.2) is 0 Å². The van der Waals surface area contributed by atoms with Gasteiger partial charge in [0.1, 0.15) is 0 Å². The normalized spacial score (nSPS) is 33.0. The molecule has 1 rings (SSSR count). The molecule has 0 bridgehead atoms. The van der Waals surface area contributed by atoms with E-state index in [0.717, 1.165) is 26.2 Å². The smallest absolute Gasteiger partial charge is 0.0105 e. The highest BCUT2D eigenvalue weighted by Gasteiger charge is 2.31. The van der Waals surface area contributed by atoms with Crippen LogP contribution in [0, 0.1) is 5.41 Å². The van der Waals surface area contributed by atoms with Gasteiger partial charge in [0, 0.05) is 19.6 Å². The Morgan fingerprint density at radius 1 is 1.45 bits per heavy atom. The first-order chi connectivity index (χ1) is 5.20. The van der Waals surface area contributed by atoms with Crippen molar-refractivity contribution in [1.29, 1.82) is 0 Å². The molecule has 0 saturated carbocycles. The molecular weight excluding hydrogens is 138 g/mol. The average Bonchev–Trinajstić information content (AvgIpc) is 2.35. The molecular formula is C8H19N3. The second-order valence-electron chi connectivity index (χ2n) is 3.83. The van der Waals surface area contributed by atoms with Crippen molar-refractivity contribution >= 4 is 0 Å². The van der Waals surface area contributed by atoms with E-state index in [1.807, 2.05) is 0 Å². The van der Waals surface area contributed by atoms with Crippen molar-refractivity contribution < 1.29 is 0 Å². The minimum Gasteiger partial charge on any atom is -0.330 e. The second-order valence-corrected chi connectivity index (χ2v) is 3.83. The molecule has 1 unspecified atom stereocenters. The van der Waals surface area contributed by atoms with Crippen LogP contribution >= 0.6 is 0 Å². The summed E-state index contributed by atoms with van der Waals surface area (Å²) < 4.78 is 0. The first-order valence-electron chi connectivity index (χ1n) is 4.33. The van der Waals surface area contributed by atoms with E-state index in [0.29, 0.717) is 5.41 Å². The molecule has 0 radical (unpaired) electrons. The van der Waals surface area contributed by atoms with Crippen LogP contribution in [-0.4, -0.2) is 37.6 Å². The van der Waals surface area contributed by atoms with Gasteiger partial charge >= 0.3 is 0 Å². The molecule has 0 aromatic carbocycles. The molecule has 3 nitrogen and oxygen atoms in total. The van der Waals surface area contributed by atoms with Crippen molar-refractivity contribution in [3.8, 4) is 0 Å². The lowest BCUT2D eigenvalue weighted by Crippen LogP contribution is -2.33. The molecule has 4 N–H and O–H groups in total. The van der Waals surface area contributed by atoms with Crippen LogP contribution in [0.4, 0.5) is 0 Å². The fourth-order valence-corrected chi connectivity index (χ4v) is 1.67. The summed E-state index contributed by atoms with van der Waals surface area (Å²) in [6.07, 6.45) is 1.23. The summed E-state index contributed by atoms with van der Waals surface area (Å²) in [5.41, 5.74) is 11.5. The quantitative estimate of drug-likeness (QED) is 0.587. The van der Waals surface area contributed by atoms with Crippen molar-refractivity contribution in [2.75, 3.05) is 32.7 Å². The van der Waals surface area contributed by atoms with Crippen molar-refractivity contribution in [1.82, 2.24) is 4.90 Å². The van der Waals surface area contributed by atoms with Crippen LogP contribution in [0.25, 0.3) is 0 Å². The molecule has 0 aliphatic carbocycles. The summed E-state index contributed by atoms with van der Waals surface area (Å²) in [6, 6.07) is 0. The van der Waals surface area contributed by atoms with Gasteiger partial charge in [0.25, 0.3) is 0 Å². The zero-order chi connectivity index (χ0) is 8.32. The monoisotopic (exact) mass is 157 g/mol. The van der Waals surface area contributed by atoms with Crippen molar-refractivity contribution in [3.63, 3.8) is 0 Å². The van der Waals surface area contributed by atoms with Crippen LogP contribution in [0.3, 0.4) is 0 Å². The molecule has 0 aromatic rings. The molecule has 11 heavy (non-hydrogen) atoms. The van der Waals surface area contributed by atoms with Gasteiger partial charge in [0.05, 0.1) is 0 Å². The van der Waals surface area contributed by atoms with Crippen molar-refractivity contribution in [2.45, 2.75) is 13.3 Å². The summed E-state index contributed by atoms with van der Waals surface area (Å²) in [7, 11) is 0. The summed E-state index contributed by atoms with van der Waals surface area (Å²) >= 11 is 0. The van der Waals surface area contributed by atoms with Crippen LogP contribution in [0.1, 0.15) is 13.3 Å². The first kappa shape index (κ1) is 8.97. The summed E-state index contributed by atoms with van der Waals surface area (Å²) in [6.45, 7) is 7.14. The van der Waals surface area contributed by atoms with Crippen LogP contribution in [-0.2, 0) is 0 Å². The van der Waals surface area contributed by atoms with Crippen LogP contribution in [0.5, 0.6) is 0 Å². The summed E-state index contributed by atoms with van der Waals surface area (Å²) in [5, 5.41) is 0. The minimum atomic E-state index is 0.356. The molecule has 3 heteroatoms. The fraction of sp³-hybridized carbons (Fsp3) is 1.00. The molecule has 1 fully saturated rings. The van der Waals surface area contributed by atoms with Crippen LogP contribution in [0.15, 0.2) is 0 Å². The SMILES string of the molecule is CC1(CN)CCN(CCN)C1. The molecule has 1 aliphatic heterocycles. The Hall–Kier alpha value is -0.120. The lowest BCUT2D eigenvalue weighted by molar-refractivity contribution is 0.286. The van der Waals surface area contributed by atoms with Gasteiger partial charge in [-0.3, -0.25) is 0 Å². The Morgan fingerprint density at radius 3 is 2.64 bits per heavy atom. The lowest BCUT2D eigenvalue weighted by atomic mass is 9.90. The zero-order valence-corrected chi connectivity index (χ0v) is 7.34. The van der Waals surface area contributed by atoms with E-state index in [-0.39, 0.29) is 0 Å². The maximum Gasteiger partial charge on any atom is 0.0105 e. The Bertz CT molecular complexity index is 127. The highest BCUT2D eigenvalue weighted by atomic mass is 15.2. The molecule has 1 saturated heterocycles.